The fraction of sp³-hybridized carbons (Fsp3) is 0.0667. The van der Waals surface area contributed by atoms with Gasteiger partial charge < -0.3 is 5.32 Å². The monoisotopic (exact) mass is 352 g/mol. The molecule has 1 N–H and O–H groups in total. The minimum atomic E-state index is -0.550. The molecule has 0 aliphatic rings. The molecule has 0 spiro atoms. The number of thioether (sulfide) groups is 1. The van der Waals surface area contributed by atoms with E-state index in [9.17, 15) is 9.18 Å². The summed E-state index contributed by atoms with van der Waals surface area (Å²) in [7, 11) is 0. The second-order valence-corrected chi connectivity index (χ2v) is 7.10. The van der Waals surface area contributed by atoms with Gasteiger partial charge in [0.15, 0.2) is 4.34 Å². The number of fused-ring (bicyclic) bond motifs is 1. The standard InChI is InChI=1S/C15H10ClFN2OS2/c16-9-5-6-11(10(17)7-9)18-14(20)8-21-15-19-12-3-1-2-4-13(12)22-15/h1-7H,8H2,(H,18,20). The molecule has 112 valence electrons. The van der Waals surface area contributed by atoms with Crippen LogP contribution >= 0.6 is 34.7 Å². The van der Waals surface area contributed by atoms with Crippen LogP contribution in [0.4, 0.5) is 10.1 Å². The zero-order valence-electron chi connectivity index (χ0n) is 11.2. The average Bonchev–Trinajstić information content (AvgIpc) is 2.91. The summed E-state index contributed by atoms with van der Waals surface area (Å²) in [4.78, 5) is 16.3. The Kier molecular flexibility index (Phi) is 4.61. The number of nitrogens with one attached hydrogen (secondary N) is 1. The molecule has 2 aromatic carbocycles. The maximum atomic E-state index is 13.6. The highest BCUT2D eigenvalue weighted by atomic mass is 35.5. The maximum Gasteiger partial charge on any atom is 0.234 e. The van der Waals surface area contributed by atoms with Gasteiger partial charge in [0.25, 0.3) is 0 Å². The highest BCUT2D eigenvalue weighted by molar-refractivity contribution is 8.01. The Morgan fingerprint density at radius 2 is 2.14 bits per heavy atom. The lowest BCUT2D eigenvalue weighted by Gasteiger charge is -2.05. The third kappa shape index (κ3) is 3.58. The quantitative estimate of drug-likeness (QED) is 0.684. The van der Waals surface area contributed by atoms with Gasteiger partial charge in [-0.15, -0.1) is 11.3 Å². The minimum Gasteiger partial charge on any atom is -0.323 e. The Hall–Kier alpha value is -1.63. The topological polar surface area (TPSA) is 42.0 Å². The molecule has 3 nitrogen and oxygen atoms in total. The number of halogens is 2. The highest BCUT2D eigenvalue weighted by Gasteiger charge is 2.10. The van der Waals surface area contributed by atoms with E-state index < -0.39 is 5.82 Å². The van der Waals surface area contributed by atoms with Crippen molar-refractivity contribution in [3.8, 4) is 0 Å². The van der Waals surface area contributed by atoms with Crippen molar-refractivity contribution in [1.82, 2.24) is 4.98 Å². The molecule has 0 fully saturated rings. The van der Waals surface area contributed by atoms with Crippen LogP contribution in [0.15, 0.2) is 46.8 Å². The van der Waals surface area contributed by atoms with Crippen LogP contribution in [-0.2, 0) is 4.79 Å². The first-order chi connectivity index (χ1) is 10.6. The van der Waals surface area contributed by atoms with Crippen LogP contribution in [0, 0.1) is 5.82 Å². The van der Waals surface area contributed by atoms with Crippen LogP contribution in [-0.4, -0.2) is 16.6 Å². The molecule has 0 saturated heterocycles. The fourth-order valence-corrected chi connectivity index (χ4v) is 3.84. The first kappa shape index (κ1) is 15.3. The number of aromatic nitrogens is 1. The van der Waals surface area contributed by atoms with Crippen molar-refractivity contribution < 1.29 is 9.18 Å². The van der Waals surface area contributed by atoms with Crippen molar-refractivity contribution in [1.29, 1.82) is 0 Å². The van der Waals surface area contributed by atoms with Gasteiger partial charge in [-0.1, -0.05) is 35.5 Å². The number of carbonyl (C=O) groups is 1. The van der Waals surface area contributed by atoms with E-state index in [0.29, 0.717) is 5.02 Å². The van der Waals surface area contributed by atoms with Crippen LogP contribution in [0.1, 0.15) is 0 Å². The molecule has 0 aliphatic heterocycles. The zero-order chi connectivity index (χ0) is 15.5. The van der Waals surface area contributed by atoms with E-state index in [1.807, 2.05) is 24.3 Å². The molecule has 0 unspecified atom stereocenters. The molecule has 1 amide bonds. The summed E-state index contributed by atoms with van der Waals surface area (Å²) in [6, 6.07) is 11.9. The van der Waals surface area contributed by atoms with E-state index in [2.05, 4.69) is 10.3 Å². The Balaban J connectivity index is 1.62. The molecule has 0 atom stereocenters. The number of para-hydroxylation sites is 1. The number of rotatable bonds is 4. The molecule has 0 saturated carbocycles. The first-order valence-corrected chi connectivity index (χ1v) is 8.53. The van der Waals surface area contributed by atoms with E-state index in [1.165, 1.54) is 35.2 Å². The second kappa shape index (κ2) is 6.64. The average molecular weight is 353 g/mol. The Morgan fingerprint density at radius 3 is 2.91 bits per heavy atom. The number of hydrogen-bond acceptors (Lipinski definition) is 4. The number of anilines is 1. The summed E-state index contributed by atoms with van der Waals surface area (Å²) < 4.78 is 15.5. The van der Waals surface area contributed by atoms with Gasteiger partial charge in [0.05, 0.1) is 21.7 Å². The minimum absolute atomic E-state index is 0.124. The van der Waals surface area contributed by atoms with Crippen molar-refractivity contribution in [3.05, 3.63) is 53.3 Å². The van der Waals surface area contributed by atoms with Crippen LogP contribution < -0.4 is 5.32 Å². The Morgan fingerprint density at radius 1 is 1.32 bits per heavy atom. The molecule has 0 bridgehead atoms. The van der Waals surface area contributed by atoms with Crippen molar-refractivity contribution in [3.63, 3.8) is 0 Å². The van der Waals surface area contributed by atoms with Crippen LogP contribution in [0.25, 0.3) is 10.2 Å². The molecular formula is C15H10ClFN2OS2. The van der Waals surface area contributed by atoms with E-state index >= 15 is 0 Å². The lowest BCUT2D eigenvalue weighted by Crippen LogP contribution is -2.14. The number of nitrogens with zero attached hydrogens (tertiary/aromatic N) is 1. The fourth-order valence-electron chi connectivity index (χ4n) is 1.82. The van der Waals surface area contributed by atoms with E-state index in [4.69, 9.17) is 11.6 Å². The molecule has 0 radical (unpaired) electrons. The number of hydrogen-bond donors (Lipinski definition) is 1. The van der Waals surface area contributed by atoms with Crippen LogP contribution in [0.3, 0.4) is 0 Å². The van der Waals surface area contributed by atoms with Gasteiger partial charge in [-0.25, -0.2) is 9.37 Å². The van der Waals surface area contributed by atoms with Gasteiger partial charge in [-0.05, 0) is 30.3 Å². The van der Waals surface area contributed by atoms with Crippen molar-refractivity contribution in [2.45, 2.75) is 4.34 Å². The van der Waals surface area contributed by atoms with Crippen molar-refractivity contribution in [2.75, 3.05) is 11.1 Å². The lowest BCUT2D eigenvalue weighted by atomic mass is 10.3. The third-order valence-electron chi connectivity index (χ3n) is 2.81. The molecule has 1 aromatic heterocycles. The normalized spacial score (nSPS) is 10.8. The molecule has 22 heavy (non-hydrogen) atoms. The van der Waals surface area contributed by atoms with Gasteiger partial charge in [0, 0.05) is 5.02 Å². The predicted octanol–water partition coefficient (Wildman–Crippen LogP) is 4.82. The number of carbonyl (C=O) groups excluding carboxylic acids is 1. The predicted molar refractivity (Wildman–Crippen MR) is 90.4 cm³/mol. The molecule has 7 heteroatoms. The third-order valence-corrected chi connectivity index (χ3v) is 5.22. The molecule has 0 aliphatic carbocycles. The number of thiazole rings is 1. The van der Waals surface area contributed by atoms with E-state index in [1.54, 1.807) is 0 Å². The largest absolute Gasteiger partial charge is 0.323 e. The molecule has 3 aromatic rings. The van der Waals surface area contributed by atoms with Gasteiger partial charge in [-0.2, -0.15) is 0 Å². The Bertz CT molecular complexity index is 804. The number of benzene rings is 2. The molecule has 3 rings (SSSR count). The zero-order valence-corrected chi connectivity index (χ0v) is 13.6. The first-order valence-electron chi connectivity index (χ1n) is 6.35. The smallest absolute Gasteiger partial charge is 0.234 e. The Labute approximate surface area is 139 Å². The summed E-state index contributed by atoms with van der Waals surface area (Å²) in [5.41, 5.74) is 1.04. The van der Waals surface area contributed by atoms with Gasteiger partial charge in [-0.3, -0.25) is 4.79 Å². The van der Waals surface area contributed by atoms with Gasteiger partial charge in [0.1, 0.15) is 5.82 Å². The van der Waals surface area contributed by atoms with E-state index in [0.717, 1.165) is 20.6 Å². The van der Waals surface area contributed by atoms with Gasteiger partial charge >= 0.3 is 0 Å². The van der Waals surface area contributed by atoms with Crippen LogP contribution in [0.5, 0.6) is 0 Å². The summed E-state index contributed by atoms with van der Waals surface area (Å²) in [6.07, 6.45) is 0. The lowest BCUT2D eigenvalue weighted by molar-refractivity contribution is -0.113. The molecular weight excluding hydrogens is 343 g/mol. The highest BCUT2D eigenvalue weighted by Crippen LogP contribution is 2.29. The summed E-state index contributed by atoms with van der Waals surface area (Å²) in [6.45, 7) is 0. The maximum absolute atomic E-state index is 13.6. The summed E-state index contributed by atoms with van der Waals surface area (Å²) >= 11 is 8.53. The SMILES string of the molecule is O=C(CSc1nc2ccccc2s1)Nc1ccc(Cl)cc1F. The molecule has 1 heterocycles. The second-order valence-electron chi connectivity index (χ2n) is 4.41. The van der Waals surface area contributed by atoms with Crippen molar-refractivity contribution in [2.24, 2.45) is 0 Å². The van der Waals surface area contributed by atoms with Crippen molar-refractivity contribution >= 4 is 56.5 Å². The summed E-state index contributed by atoms with van der Waals surface area (Å²) in [5.74, 6) is -0.668. The van der Waals surface area contributed by atoms with E-state index in [-0.39, 0.29) is 17.3 Å². The van der Waals surface area contributed by atoms with Crippen LogP contribution in [0.2, 0.25) is 5.02 Å². The number of amides is 1. The van der Waals surface area contributed by atoms with Gasteiger partial charge in [0.2, 0.25) is 5.91 Å². The summed E-state index contributed by atoms with van der Waals surface area (Å²) in [5, 5.41) is 2.82.